The summed E-state index contributed by atoms with van der Waals surface area (Å²) in [4.78, 5) is 23.9. The molecule has 1 N–H and O–H groups in total. The van der Waals surface area contributed by atoms with Crippen LogP contribution in [0.15, 0.2) is 49.6 Å². The molecule has 1 aromatic carbocycles. The first-order valence-corrected chi connectivity index (χ1v) is 6.96. The molecule has 4 nitrogen and oxygen atoms in total. The first-order valence-electron chi connectivity index (χ1n) is 6.96. The summed E-state index contributed by atoms with van der Waals surface area (Å²) in [6, 6.07) is 4.18. The molecule has 0 aliphatic rings. The SMILES string of the molecule is C=CCOC(=O)C(CC=C)(Cc1cccc(C(F)(F)F)c1)C(=O)O. The van der Waals surface area contributed by atoms with Gasteiger partial charge < -0.3 is 9.84 Å². The molecule has 0 bridgehead atoms. The number of ether oxygens (including phenoxy) is 1. The van der Waals surface area contributed by atoms with E-state index in [2.05, 4.69) is 13.2 Å². The minimum Gasteiger partial charge on any atom is -0.480 e. The molecule has 1 unspecified atom stereocenters. The molecule has 0 saturated heterocycles. The fourth-order valence-electron chi connectivity index (χ4n) is 2.20. The molecule has 1 atom stereocenters. The molecular formula is C17H17F3O4. The number of hydrogen-bond acceptors (Lipinski definition) is 3. The van der Waals surface area contributed by atoms with Crippen molar-refractivity contribution >= 4 is 11.9 Å². The Morgan fingerprint density at radius 2 is 1.88 bits per heavy atom. The maximum absolute atomic E-state index is 12.8. The van der Waals surface area contributed by atoms with E-state index in [-0.39, 0.29) is 18.6 Å². The number of carbonyl (C=O) groups is 2. The molecule has 7 heteroatoms. The predicted octanol–water partition coefficient (Wildman–Crippen LogP) is 3.62. The number of carboxylic acid groups (broad SMARTS) is 1. The summed E-state index contributed by atoms with van der Waals surface area (Å²) in [6.07, 6.45) is -2.81. The Morgan fingerprint density at radius 3 is 2.38 bits per heavy atom. The molecule has 0 aliphatic carbocycles. The number of esters is 1. The molecule has 24 heavy (non-hydrogen) atoms. The number of hydrogen-bond donors (Lipinski definition) is 1. The summed E-state index contributed by atoms with van der Waals surface area (Å²) >= 11 is 0. The number of aliphatic carboxylic acids is 1. The topological polar surface area (TPSA) is 63.6 Å². The first kappa shape index (κ1) is 19.5. The van der Waals surface area contributed by atoms with Crippen LogP contribution in [0.5, 0.6) is 0 Å². The van der Waals surface area contributed by atoms with Gasteiger partial charge in [0.1, 0.15) is 6.61 Å². The molecule has 0 aromatic heterocycles. The summed E-state index contributed by atoms with van der Waals surface area (Å²) in [5.41, 5.74) is -2.91. The second-order valence-electron chi connectivity index (χ2n) is 5.14. The first-order chi connectivity index (χ1) is 11.2. The molecule has 0 radical (unpaired) electrons. The number of benzene rings is 1. The highest BCUT2D eigenvalue weighted by Gasteiger charge is 2.47. The number of halogens is 3. The summed E-state index contributed by atoms with van der Waals surface area (Å²) in [6.45, 7) is 6.58. The fourth-order valence-corrected chi connectivity index (χ4v) is 2.20. The van der Waals surface area contributed by atoms with Gasteiger partial charge in [-0.3, -0.25) is 9.59 Å². The lowest BCUT2D eigenvalue weighted by atomic mass is 9.78. The van der Waals surface area contributed by atoms with E-state index in [4.69, 9.17) is 4.74 Å². The number of rotatable bonds is 8. The Kier molecular flexibility index (Phi) is 6.34. The van der Waals surface area contributed by atoms with Crippen LogP contribution in [-0.2, 0) is 26.9 Å². The zero-order chi connectivity index (χ0) is 18.4. The lowest BCUT2D eigenvalue weighted by Crippen LogP contribution is -2.42. The van der Waals surface area contributed by atoms with Crippen molar-refractivity contribution in [2.75, 3.05) is 6.61 Å². The Labute approximate surface area is 137 Å². The van der Waals surface area contributed by atoms with E-state index in [0.717, 1.165) is 18.2 Å². The van der Waals surface area contributed by atoms with Gasteiger partial charge in [0.05, 0.1) is 5.56 Å². The number of alkyl halides is 3. The van der Waals surface area contributed by atoms with Crippen LogP contribution < -0.4 is 0 Å². The van der Waals surface area contributed by atoms with Crippen LogP contribution in [0.2, 0.25) is 0 Å². The monoisotopic (exact) mass is 342 g/mol. The van der Waals surface area contributed by atoms with Crippen LogP contribution in [-0.4, -0.2) is 23.7 Å². The van der Waals surface area contributed by atoms with E-state index in [1.54, 1.807) is 0 Å². The second kappa shape index (κ2) is 7.81. The Bertz CT molecular complexity index is 637. The average Bonchev–Trinajstić information content (AvgIpc) is 2.51. The van der Waals surface area contributed by atoms with Gasteiger partial charge in [-0.1, -0.05) is 36.9 Å². The summed E-state index contributed by atoms with van der Waals surface area (Å²) < 4.78 is 43.2. The van der Waals surface area contributed by atoms with Gasteiger partial charge in [0.2, 0.25) is 0 Å². The normalized spacial score (nSPS) is 13.6. The van der Waals surface area contributed by atoms with E-state index in [1.807, 2.05) is 0 Å². The van der Waals surface area contributed by atoms with Crippen LogP contribution >= 0.6 is 0 Å². The third kappa shape index (κ3) is 4.47. The smallest absolute Gasteiger partial charge is 0.416 e. The number of carboxylic acids is 1. The van der Waals surface area contributed by atoms with Crippen LogP contribution in [0.25, 0.3) is 0 Å². The molecular weight excluding hydrogens is 325 g/mol. The largest absolute Gasteiger partial charge is 0.480 e. The summed E-state index contributed by atoms with van der Waals surface area (Å²) in [7, 11) is 0. The molecule has 0 spiro atoms. The Balaban J connectivity index is 3.26. The van der Waals surface area contributed by atoms with Crippen LogP contribution in [0.4, 0.5) is 13.2 Å². The number of allylic oxidation sites excluding steroid dienone is 1. The van der Waals surface area contributed by atoms with Gasteiger partial charge in [-0.25, -0.2) is 0 Å². The van der Waals surface area contributed by atoms with E-state index in [0.29, 0.717) is 0 Å². The van der Waals surface area contributed by atoms with Crippen molar-refractivity contribution in [3.8, 4) is 0 Å². The highest BCUT2D eigenvalue weighted by atomic mass is 19.4. The zero-order valence-electron chi connectivity index (χ0n) is 12.8. The van der Waals surface area contributed by atoms with E-state index in [1.165, 1.54) is 18.2 Å². The Hall–Kier alpha value is -2.57. The third-order valence-corrected chi connectivity index (χ3v) is 3.39. The highest BCUT2D eigenvalue weighted by molar-refractivity contribution is 5.99. The molecule has 1 aromatic rings. The van der Waals surface area contributed by atoms with Crippen molar-refractivity contribution in [1.29, 1.82) is 0 Å². The van der Waals surface area contributed by atoms with E-state index >= 15 is 0 Å². The summed E-state index contributed by atoms with van der Waals surface area (Å²) in [5.74, 6) is -2.54. The summed E-state index contributed by atoms with van der Waals surface area (Å²) in [5, 5.41) is 9.52. The predicted molar refractivity (Wildman–Crippen MR) is 81.2 cm³/mol. The van der Waals surface area contributed by atoms with Gasteiger partial charge in [0.25, 0.3) is 0 Å². The molecule has 0 heterocycles. The molecule has 0 amide bonds. The van der Waals surface area contributed by atoms with Gasteiger partial charge in [-0.05, 0) is 24.5 Å². The standard InChI is InChI=1S/C17H17F3O4/c1-3-8-16(14(21)22,15(23)24-9-4-2)11-12-6-5-7-13(10-12)17(18,19)20/h3-7,10H,1-2,8-9,11H2,(H,21,22). The van der Waals surface area contributed by atoms with E-state index in [9.17, 15) is 27.9 Å². The lowest BCUT2D eigenvalue weighted by molar-refractivity contribution is -0.167. The van der Waals surface area contributed by atoms with Crippen molar-refractivity contribution < 1.29 is 32.6 Å². The minimum absolute atomic E-state index is 0.0598. The second-order valence-corrected chi connectivity index (χ2v) is 5.14. The van der Waals surface area contributed by atoms with Crippen molar-refractivity contribution in [2.45, 2.75) is 19.0 Å². The van der Waals surface area contributed by atoms with Crippen molar-refractivity contribution in [3.63, 3.8) is 0 Å². The van der Waals surface area contributed by atoms with Gasteiger partial charge >= 0.3 is 18.1 Å². The number of carbonyl (C=O) groups excluding carboxylic acids is 1. The van der Waals surface area contributed by atoms with Gasteiger partial charge in [-0.2, -0.15) is 13.2 Å². The van der Waals surface area contributed by atoms with Crippen LogP contribution in [0, 0.1) is 5.41 Å². The lowest BCUT2D eigenvalue weighted by Gasteiger charge is -2.26. The molecule has 130 valence electrons. The molecule has 1 rings (SSSR count). The highest BCUT2D eigenvalue weighted by Crippen LogP contribution is 2.34. The van der Waals surface area contributed by atoms with Gasteiger partial charge in [-0.15, -0.1) is 6.58 Å². The molecule has 0 fully saturated rings. The van der Waals surface area contributed by atoms with Crippen molar-refractivity contribution in [1.82, 2.24) is 0 Å². The molecule has 0 aliphatic heterocycles. The quantitative estimate of drug-likeness (QED) is 0.445. The minimum atomic E-state index is -4.57. The van der Waals surface area contributed by atoms with Gasteiger partial charge in [0.15, 0.2) is 5.41 Å². The van der Waals surface area contributed by atoms with Crippen LogP contribution in [0.3, 0.4) is 0 Å². The van der Waals surface area contributed by atoms with E-state index < -0.39 is 35.5 Å². The van der Waals surface area contributed by atoms with Gasteiger partial charge in [0, 0.05) is 0 Å². The van der Waals surface area contributed by atoms with Crippen molar-refractivity contribution in [2.24, 2.45) is 5.41 Å². The van der Waals surface area contributed by atoms with Crippen molar-refractivity contribution in [3.05, 3.63) is 60.7 Å². The third-order valence-electron chi connectivity index (χ3n) is 3.39. The maximum atomic E-state index is 12.8. The zero-order valence-corrected chi connectivity index (χ0v) is 12.8. The molecule has 0 saturated carbocycles. The van der Waals surface area contributed by atoms with Crippen LogP contribution in [0.1, 0.15) is 17.5 Å². The fraction of sp³-hybridized carbons (Fsp3) is 0.294. The maximum Gasteiger partial charge on any atom is 0.416 e. The average molecular weight is 342 g/mol. The Morgan fingerprint density at radius 1 is 1.21 bits per heavy atom.